The Labute approximate surface area is 131 Å². The van der Waals surface area contributed by atoms with Crippen LogP contribution in [0, 0.1) is 0 Å². The van der Waals surface area contributed by atoms with E-state index in [0.29, 0.717) is 10.7 Å². The first-order valence-corrected chi connectivity index (χ1v) is 7.20. The molecule has 20 heavy (non-hydrogen) atoms. The van der Waals surface area contributed by atoms with Gasteiger partial charge >= 0.3 is 0 Å². The van der Waals surface area contributed by atoms with Crippen molar-refractivity contribution in [2.45, 2.75) is 12.5 Å². The molecule has 0 aromatic heterocycles. The maximum Gasteiger partial charge on any atom is 0.247 e. The van der Waals surface area contributed by atoms with Crippen molar-refractivity contribution in [3.05, 3.63) is 63.6 Å². The van der Waals surface area contributed by atoms with Crippen LogP contribution in [0.1, 0.15) is 12.5 Å². The van der Waals surface area contributed by atoms with E-state index in [9.17, 15) is 4.79 Å². The van der Waals surface area contributed by atoms with E-state index in [0.717, 1.165) is 10.0 Å². The molecule has 1 amide bonds. The van der Waals surface area contributed by atoms with Gasteiger partial charge in [-0.2, -0.15) is 0 Å². The van der Waals surface area contributed by atoms with Crippen LogP contribution < -0.4 is 11.1 Å². The largest absolute Gasteiger partial charge is 0.367 e. The summed E-state index contributed by atoms with van der Waals surface area (Å²) in [4.78, 5) is 12.0. The first-order valence-electron chi connectivity index (χ1n) is 6.03. The average molecular weight is 354 g/mol. The molecule has 2 aromatic rings. The van der Waals surface area contributed by atoms with Crippen LogP contribution in [-0.2, 0) is 10.3 Å². The van der Waals surface area contributed by atoms with Crippen molar-refractivity contribution in [3.63, 3.8) is 0 Å². The van der Waals surface area contributed by atoms with Gasteiger partial charge in [0.1, 0.15) is 5.54 Å². The third-order valence-corrected chi connectivity index (χ3v) is 4.18. The fourth-order valence-electron chi connectivity index (χ4n) is 1.96. The lowest BCUT2D eigenvalue weighted by molar-refractivity contribution is -0.122. The number of amides is 1. The average Bonchev–Trinajstić information content (AvgIpc) is 2.41. The standard InChI is InChI=1S/C15H14BrClN2O/c1-15(14(18)20,10-6-2-3-7-11(10)16)19-13-9-5-4-8-12(13)17/h2-9,19H,1H3,(H2,18,20). The second-order valence-corrected chi connectivity index (χ2v) is 5.84. The van der Waals surface area contributed by atoms with Gasteiger partial charge in [-0.15, -0.1) is 0 Å². The van der Waals surface area contributed by atoms with Crippen LogP contribution in [0.2, 0.25) is 5.02 Å². The second kappa shape index (κ2) is 5.85. The summed E-state index contributed by atoms with van der Waals surface area (Å²) < 4.78 is 0.806. The molecule has 5 heteroatoms. The summed E-state index contributed by atoms with van der Waals surface area (Å²) in [5.41, 5.74) is 5.96. The number of hydrogen-bond acceptors (Lipinski definition) is 2. The predicted octanol–water partition coefficient (Wildman–Crippen LogP) is 3.92. The van der Waals surface area contributed by atoms with E-state index in [1.54, 1.807) is 19.1 Å². The molecule has 0 heterocycles. The summed E-state index contributed by atoms with van der Waals surface area (Å²) >= 11 is 9.59. The highest BCUT2D eigenvalue weighted by molar-refractivity contribution is 9.10. The summed E-state index contributed by atoms with van der Waals surface area (Å²) in [7, 11) is 0. The Kier molecular flexibility index (Phi) is 4.35. The molecular formula is C15H14BrClN2O. The van der Waals surface area contributed by atoms with Gasteiger partial charge in [0.25, 0.3) is 0 Å². The molecule has 0 radical (unpaired) electrons. The van der Waals surface area contributed by atoms with Crippen molar-refractivity contribution in [1.29, 1.82) is 0 Å². The molecule has 0 aliphatic heterocycles. The van der Waals surface area contributed by atoms with Crippen LogP contribution >= 0.6 is 27.5 Å². The number of hydrogen-bond donors (Lipinski definition) is 2. The molecule has 0 saturated heterocycles. The van der Waals surface area contributed by atoms with E-state index >= 15 is 0 Å². The van der Waals surface area contributed by atoms with E-state index < -0.39 is 11.4 Å². The van der Waals surface area contributed by atoms with E-state index in [4.69, 9.17) is 17.3 Å². The Morgan fingerprint density at radius 3 is 2.40 bits per heavy atom. The maximum absolute atomic E-state index is 12.0. The third-order valence-electron chi connectivity index (χ3n) is 3.16. The van der Waals surface area contributed by atoms with Crippen LogP contribution in [-0.4, -0.2) is 5.91 Å². The zero-order valence-corrected chi connectivity index (χ0v) is 13.2. The number of carbonyl (C=O) groups excluding carboxylic acids is 1. The molecule has 0 bridgehead atoms. The number of anilines is 1. The smallest absolute Gasteiger partial charge is 0.247 e. The van der Waals surface area contributed by atoms with Crippen molar-refractivity contribution in [2.24, 2.45) is 5.73 Å². The monoisotopic (exact) mass is 352 g/mol. The number of rotatable bonds is 4. The topological polar surface area (TPSA) is 55.1 Å². The van der Waals surface area contributed by atoms with Gasteiger partial charge < -0.3 is 11.1 Å². The molecule has 0 fully saturated rings. The summed E-state index contributed by atoms with van der Waals surface area (Å²) in [5, 5.41) is 3.68. The third kappa shape index (κ3) is 2.81. The Balaban J connectivity index is 2.49. The van der Waals surface area contributed by atoms with Crippen LogP contribution in [0.4, 0.5) is 5.69 Å². The Morgan fingerprint density at radius 2 is 1.80 bits per heavy atom. The van der Waals surface area contributed by atoms with E-state index in [2.05, 4.69) is 21.2 Å². The molecule has 2 rings (SSSR count). The number of halogens is 2. The number of nitrogens with one attached hydrogen (secondary N) is 1. The van der Waals surface area contributed by atoms with Crippen molar-refractivity contribution >= 4 is 39.1 Å². The number of carbonyl (C=O) groups is 1. The minimum atomic E-state index is -1.06. The quantitative estimate of drug-likeness (QED) is 0.875. The van der Waals surface area contributed by atoms with E-state index in [1.165, 1.54) is 0 Å². The number of nitrogens with two attached hydrogens (primary N) is 1. The van der Waals surface area contributed by atoms with Crippen LogP contribution in [0.3, 0.4) is 0 Å². The van der Waals surface area contributed by atoms with Crippen molar-refractivity contribution in [1.82, 2.24) is 0 Å². The van der Waals surface area contributed by atoms with Crippen molar-refractivity contribution in [2.75, 3.05) is 5.32 Å². The molecule has 2 aromatic carbocycles. The van der Waals surface area contributed by atoms with Crippen molar-refractivity contribution in [3.8, 4) is 0 Å². The molecular weight excluding hydrogens is 340 g/mol. The minimum absolute atomic E-state index is 0.482. The summed E-state index contributed by atoms with van der Waals surface area (Å²) in [6.45, 7) is 1.73. The SMILES string of the molecule is CC(Nc1ccccc1Cl)(C(N)=O)c1ccccc1Br. The highest BCUT2D eigenvalue weighted by Crippen LogP contribution is 2.33. The molecule has 3 N–H and O–H groups in total. The van der Waals surface area contributed by atoms with Crippen molar-refractivity contribution < 1.29 is 4.79 Å². The fraction of sp³-hybridized carbons (Fsp3) is 0.133. The lowest BCUT2D eigenvalue weighted by Gasteiger charge is -2.30. The highest BCUT2D eigenvalue weighted by atomic mass is 79.9. The van der Waals surface area contributed by atoms with Gasteiger partial charge in [-0.25, -0.2) is 0 Å². The van der Waals surface area contributed by atoms with Gasteiger partial charge in [0.15, 0.2) is 0 Å². The minimum Gasteiger partial charge on any atom is -0.367 e. The first kappa shape index (κ1) is 14.9. The predicted molar refractivity (Wildman–Crippen MR) is 85.8 cm³/mol. The number of primary amides is 1. The lowest BCUT2D eigenvalue weighted by Crippen LogP contribution is -2.45. The van der Waals surface area contributed by atoms with Gasteiger partial charge in [-0.05, 0) is 25.1 Å². The van der Waals surface area contributed by atoms with E-state index in [-0.39, 0.29) is 0 Å². The lowest BCUT2D eigenvalue weighted by atomic mass is 9.91. The zero-order valence-electron chi connectivity index (χ0n) is 10.9. The van der Waals surface area contributed by atoms with Gasteiger partial charge in [0.2, 0.25) is 5.91 Å². The number of para-hydroxylation sites is 1. The van der Waals surface area contributed by atoms with Crippen LogP contribution in [0.5, 0.6) is 0 Å². The van der Waals surface area contributed by atoms with Gasteiger partial charge in [0.05, 0.1) is 10.7 Å². The van der Waals surface area contributed by atoms with E-state index in [1.807, 2.05) is 36.4 Å². The van der Waals surface area contributed by atoms with Gasteiger partial charge in [-0.3, -0.25) is 4.79 Å². The van der Waals surface area contributed by atoms with Gasteiger partial charge in [0, 0.05) is 10.0 Å². The zero-order chi connectivity index (χ0) is 14.8. The summed E-state index contributed by atoms with van der Waals surface area (Å²) in [5.74, 6) is -0.482. The maximum atomic E-state index is 12.0. The second-order valence-electron chi connectivity index (χ2n) is 4.57. The Hall–Kier alpha value is -1.52. The molecule has 1 atom stereocenters. The first-order chi connectivity index (χ1) is 9.45. The van der Waals surface area contributed by atoms with Crippen LogP contribution in [0.25, 0.3) is 0 Å². The molecule has 0 spiro atoms. The molecule has 0 saturated carbocycles. The van der Waals surface area contributed by atoms with Crippen LogP contribution in [0.15, 0.2) is 53.0 Å². The molecule has 1 unspecified atom stereocenters. The Bertz CT molecular complexity index is 647. The molecule has 3 nitrogen and oxygen atoms in total. The molecule has 0 aliphatic carbocycles. The number of benzene rings is 2. The van der Waals surface area contributed by atoms with Gasteiger partial charge in [-0.1, -0.05) is 57.9 Å². The Morgan fingerprint density at radius 1 is 1.20 bits per heavy atom. The fourth-order valence-corrected chi connectivity index (χ4v) is 2.82. The highest BCUT2D eigenvalue weighted by Gasteiger charge is 2.35. The molecule has 0 aliphatic rings. The normalized spacial score (nSPS) is 13.6. The summed E-state index contributed by atoms with van der Waals surface area (Å²) in [6.07, 6.45) is 0. The summed E-state index contributed by atoms with van der Waals surface area (Å²) in [6, 6.07) is 14.7. The molecule has 104 valence electrons.